The molecule has 1 aliphatic carbocycles. The molecule has 0 aromatic carbocycles. The molecule has 0 heterocycles. The highest BCUT2D eigenvalue weighted by atomic mass is 16.3. The Bertz CT molecular complexity index is 82.9. The summed E-state index contributed by atoms with van der Waals surface area (Å²) in [4.78, 5) is 0. The molecule has 0 aliphatic heterocycles. The van der Waals surface area contributed by atoms with E-state index in [2.05, 4.69) is 6.92 Å². The SMILES string of the molecule is CC.CC1(CO)CCCCC1. The molecule has 0 bridgehead atoms. The normalized spacial score (nSPS) is 21.8. The van der Waals surface area contributed by atoms with Crippen molar-refractivity contribution < 1.29 is 5.11 Å². The summed E-state index contributed by atoms with van der Waals surface area (Å²) < 4.78 is 0. The van der Waals surface area contributed by atoms with E-state index < -0.39 is 0 Å². The second-order valence-electron chi connectivity index (χ2n) is 3.53. The third-order valence-corrected chi connectivity index (χ3v) is 2.44. The number of aliphatic hydroxyl groups excluding tert-OH is 1. The van der Waals surface area contributed by atoms with Gasteiger partial charge in [0.25, 0.3) is 0 Å². The van der Waals surface area contributed by atoms with Gasteiger partial charge in [0.2, 0.25) is 0 Å². The predicted octanol–water partition coefficient (Wildman–Crippen LogP) is 2.98. The van der Waals surface area contributed by atoms with Gasteiger partial charge in [-0.05, 0) is 18.3 Å². The van der Waals surface area contributed by atoms with Gasteiger partial charge in [0.05, 0.1) is 0 Å². The molecular weight excluding hydrogens is 136 g/mol. The minimum Gasteiger partial charge on any atom is -0.396 e. The number of aliphatic hydroxyl groups is 1. The topological polar surface area (TPSA) is 20.2 Å². The van der Waals surface area contributed by atoms with E-state index in [1.165, 1.54) is 32.1 Å². The Kier molecular flexibility index (Phi) is 5.57. The van der Waals surface area contributed by atoms with Crippen LogP contribution in [0.25, 0.3) is 0 Å². The highest BCUT2D eigenvalue weighted by Gasteiger charge is 2.25. The predicted molar refractivity (Wildman–Crippen MR) is 49.6 cm³/mol. The zero-order valence-corrected chi connectivity index (χ0v) is 8.19. The van der Waals surface area contributed by atoms with E-state index in [-0.39, 0.29) is 5.41 Å². The molecule has 0 radical (unpaired) electrons. The van der Waals surface area contributed by atoms with E-state index in [9.17, 15) is 0 Å². The van der Waals surface area contributed by atoms with Crippen LogP contribution in [0.2, 0.25) is 0 Å². The summed E-state index contributed by atoms with van der Waals surface area (Å²) in [6, 6.07) is 0. The first kappa shape index (κ1) is 11.0. The molecular formula is C10H22O. The summed E-state index contributed by atoms with van der Waals surface area (Å²) in [7, 11) is 0. The van der Waals surface area contributed by atoms with E-state index in [1.807, 2.05) is 13.8 Å². The van der Waals surface area contributed by atoms with Crippen molar-refractivity contribution in [1.82, 2.24) is 0 Å². The highest BCUT2D eigenvalue weighted by molar-refractivity contribution is 4.76. The fourth-order valence-corrected chi connectivity index (χ4v) is 1.56. The smallest absolute Gasteiger partial charge is 0.0484 e. The molecule has 1 nitrogen and oxygen atoms in total. The number of hydrogen-bond donors (Lipinski definition) is 1. The van der Waals surface area contributed by atoms with E-state index in [0.29, 0.717) is 6.61 Å². The van der Waals surface area contributed by atoms with Crippen LogP contribution in [0.4, 0.5) is 0 Å². The van der Waals surface area contributed by atoms with E-state index in [1.54, 1.807) is 0 Å². The zero-order chi connectivity index (χ0) is 8.74. The van der Waals surface area contributed by atoms with Crippen molar-refractivity contribution in [2.75, 3.05) is 6.61 Å². The summed E-state index contributed by atoms with van der Waals surface area (Å²) in [5, 5.41) is 8.95. The molecule has 0 spiro atoms. The highest BCUT2D eigenvalue weighted by Crippen LogP contribution is 2.34. The molecule has 11 heavy (non-hydrogen) atoms. The molecule has 0 saturated heterocycles. The van der Waals surface area contributed by atoms with Crippen LogP contribution in [-0.4, -0.2) is 11.7 Å². The molecule has 0 unspecified atom stereocenters. The molecule has 1 aliphatic rings. The summed E-state index contributed by atoms with van der Waals surface area (Å²) >= 11 is 0. The summed E-state index contributed by atoms with van der Waals surface area (Å²) in [5.74, 6) is 0. The van der Waals surface area contributed by atoms with Gasteiger partial charge in [-0.15, -0.1) is 0 Å². The molecule has 1 rings (SSSR count). The zero-order valence-electron chi connectivity index (χ0n) is 8.19. The Balaban J connectivity index is 0.000000461. The first-order chi connectivity index (χ1) is 5.27. The average Bonchev–Trinajstić information content (AvgIpc) is 2.10. The van der Waals surface area contributed by atoms with E-state index >= 15 is 0 Å². The Hall–Kier alpha value is -0.0400. The lowest BCUT2D eigenvalue weighted by atomic mass is 9.76. The fraction of sp³-hybridized carbons (Fsp3) is 1.00. The Morgan fingerprint density at radius 1 is 1.09 bits per heavy atom. The summed E-state index contributed by atoms with van der Waals surface area (Å²) in [6.45, 7) is 6.57. The summed E-state index contributed by atoms with van der Waals surface area (Å²) in [5.41, 5.74) is 0.276. The second kappa shape index (κ2) is 5.59. The van der Waals surface area contributed by atoms with Crippen LogP contribution in [0.5, 0.6) is 0 Å². The van der Waals surface area contributed by atoms with Gasteiger partial charge < -0.3 is 5.11 Å². The quantitative estimate of drug-likeness (QED) is 0.622. The molecule has 1 N–H and O–H groups in total. The fourth-order valence-electron chi connectivity index (χ4n) is 1.56. The molecule has 0 amide bonds. The van der Waals surface area contributed by atoms with Crippen molar-refractivity contribution in [1.29, 1.82) is 0 Å². The molecule has 1 saturated carbocycles. The maximum atomic E-state index is 8.95. The van der Waals surface area contributed by atoms with Gasteiger partial charge in [0.15, 0.2) is 0 Å². The molecule has 1 fully saturated rings. The van der Waals surface area contributed by atoms with Gasteiger partial charge in [-0.2, -0.15) is 0 Å². The molecule has 68 valence electrons. The van der Waals surface area contributed by atoms with Crippen molar-refractivity contribution in [2.24, 2.45) is 5.41 Å². The van der Waals surface area contributed by atoms with Crippen molar-refractivity contribution in [3.05, 3.63) is 0 Å². The second-order valence-corrected chi connectivity index (χ2v) is 3.53. The van der Waals surface area contributed by atoms with Crippen LogP contribution in [0.3, 0.4) is 0 Å². The Morgan fingerprint density at radius 3 is 1.82 bits per heavy atom. The lowest BCUT2D eigenvalue weighted by molar-refractivity contribution is 0.100. The van der Waals surface area contributed by atoms with Crippen LogP contribution in [0.1, 0.15) is 52.9 Å². The minimum absolute atomic E-state index is 0.276. The van der Waals surface area contributed by atoms with Crippen LogP contribution in [0, 0.1) is 5.41 Å². The van der Waals surface area contributed by atoms with E-state index in [0.717, 1.165) is 0 Å². The largest absolute Gasteiger partial charge is 0.396 e. The molecule has 0 aromatic rings. The van der Waals surface area contributed by atoms with Crippen LogP contribution in [-0.2, 0) is 0 Å². The third-order valence-electron chi connectivity index (χ3n) is 2.44. The Morgan fingerprint density at radius 2 is 1.55 bits per heavy atom. The van der Waals surface area contributed by atoms with Crippen LogP contribution in [0.15, 0.2) is 0 Å². The van der Waals surface area contributed by atoms with Crippen LogP contribution < -0.4 is 0 Å². The molecule has 1 heteroatoms. The standard InChI is InChI=1S/C8H16O.C2H6/c1-8(7-9)5-3-2-4-6-8;1-2/h9H,2-7H2,1H3;1-2H3. The van der Waals surface area contributed by atoms with Gasteiger partial charge in [-0.25, -0.2) is 0 Å². The van der Waals surface area contributed by atoms with Gasteiger partial charge in [-0.1, -0.05) is 40.0 Å². The lowest BCUT2D eigenvalue weighted by Gasteiger charge is -2.31. The van der Waals surface area contributed by atoms with E-state index in [4.69, 9.17) is 5.11 Å². The number of rotatable bonds is 1. The average molecular weight is 158 g/mol. The van der Waals surface area contributed by atoms with Gasteiger partial charge in [-0.3, -0.25) is 0 Å². The van der Waals surface area contributed by atoms with Crippen LogP contribution >= 0.6 is 0 Å². The van der Waals surface area contributed by atoms with Crippen molar-refractivity contribution in [3.8, 4) is 0 Å². The van der Waals surface area contributed by atoms with Gasteiger partial charge >= 0.3 is 0 Å². The Labute approximate surface area is 70.8 Å². The molecule has 0 aromatic heterocycles. The number of hydrogen-bond acceptors (Lipinski definition) is 1. The molecule has 0 atom stereocenters. The maximum Gasteiger partial charge on any atom is 0.0484 e. The monoisotopic (exact) mass is 158 g/mol. The minimum atomic E-state index is 0.276. The van der Waals surface area contributed by atoms with Gasteiger partial charge in [0.1, 0.15) is 0 Å². The third kappa shape index (κ3) is 3.76. The van der Waals surface area contributed by atoms with Crippen molar-refractivity contribution >= 4 is 0 Å². The van der Waals surface area contributed by atoms with Gasteiger partial charge in [0, 0.05) is 6.61 Å². The first-order valence-electron chi connectivity index (χ1n) is 4.88. The summed E-state index contributed by atoms with van der Waals surface area (Å²) in [6.07, 6.45) is 6.46. The van der Waals surface area contributed by atoms with Crippen molar-refractivity contribution in [2.45, 2.75) is 52.9 Å². The lowest BCUT2D eigenvalue weighted by Crippen LogP contribution is -2.23. The maximum absolute atomic E-state index is 8.95. The van der Waals surface area contributed by atoms with Crippen molar-refractivity contribution in [3.63, 3.8) is 0 Å². The first-order valence-corrected chi connectivity index (χ1v) is 4.88.